The molecule has 0 aliphatic carbocycles. The van der Waals surface area contributed by atoms with Gasteiger partial charge in [-0.3, -0.25) is 19.5 Å². The first-order chi connectivity index (χ1) is 14.8. The number of nitrogens with zero attached hydrogens (tertiary/aromatic N) is 2. The van der Waals surface area contributed by atoms with Crippen molar-refractivity contribution < 1.29 is 27.9 Å². The molecular formula is C23H15F3N2O3. The summed E-state index contributed by atoms with van der Waals surface area (Å²) in [5, 5.41) is 10.9. The number of aliphatic hydroxyl groups is 1. The Morgan fingerprint density at radius 2 is 1.61 bits per heavy atom. The number of ketones is 1. The summed E-state index contributed by atoms with van der Waals surface area (Å²) in [6, 6.07) is 8.52. The van der Waals surface area contributed by atoms with Crippen molar-refractivity contribution in [3.63, 3.8) is 0 Å². The van der Waals surface area contributed by atoms with Gasteiger partial charge in [-0.25, -0.2) is 13.2 Å². The van der Waals surface area contributed by atoms with Crippen LogP contribution in [-0.2, 0) is 9.59 Å². The molecule has 1 aromatic heterocycles. The van der Waals surface area contributed by atoms with Crippen LogP contribution in [0.4, 0.5) is 18.9 Å². The van der Waals surface area contributed by atoms with Gasteiger partial charge >= 0.3 is 0 Å². The van der Waals surface area contributed by atoms with Gasteiger partial charge < -0.3 is 5.11 Å². The fourth-order valence-electron chi connectivity index (χ4n) is 3.54. The fourth-order valence-corrected chi connectivity index (χ4v) is 3.54. The fraction of sp³-hybridized carbons (Fsp3) is 0.0870. The lowest BCUT2D eigenvalue weighted by Gasteiger charge is -2.25. The summed E-state index contributed by atoms with van der Waals surface area (Å²) in [4.78, 5) is 30.7. The van der Waals surface area contributed by atoms with E-state index < -0.39 is 40.9 Å². The molecule has 3 aromatic rings. The smallest absolute Gasteiger partial charge is 0.300 e. The van der Waals surface area contributed by atoms with Crippen molar-refractivity contribution in [1.82, 2.24) is 4.98 Å². The van der Waals surface area contributed by atoms with Crippen LogP contribution < -0.4 is 4.90 Å². The Morgan fingerprint density at radius 1 is 0.935 bits per heavy atom. The Balaban J connectivity index is 1.95. The Bertz CT molecular complexity index is 1240. The average molecular weight is 424 g/mol. The van der Waals surface area contributed by atoms with Gasteiger partial charge in [0.25, 0.3) is 11.7 Å². The van der Waals surface area contributed by atoms with E-state index in [0.717, 1.165) is 23.1 Å². The standard InChI is InChI=1S/C23H15F3N2O3/c1-12-10-14(2-4-16(12)24)21(29)19-20(13-6-8-27-9-7-13)28(23(31)22(19)30)15-3-5-17(25)18(26)11-15/h2-11,20,29H,1H3/b21-19+. The predicted octanol–water partition coefficient (Wildman–Crippen LogP) is 4.43. The molecule has 1 saturated heterocycles. The van der Waals surface area contributed by atoms with Gasteiger partial charge in [0.2, 0.25) is 0 Å². The molecule has 1 unspecified atom stereocenters. The summed E-state index contributed by atoms with van der Waals surface area (Å²) in [5.74, 6) is -5.33. The summed E-state index contributed by atoms with van der Waals surface area (Å²) >= 11 is 0. The number of aryl methyl sites for hydroxylation is 1. The first-order valence-electron chi connectivity index (χ1n) is 9.22. The molecule has 8 heteroatoms. The van der Waals surface area contributed by atoms with E-state index in [-0.39, 0.29) is 22.4 Å². The minimum Gasteiger partial charge on any atom is -0.507 e. The zero-order chi connectivity index (χ0) is 22.3. The minimum atomic E-state index is -1.19. The van der Waals surface area contributed by atoms with Crippen LogP contribution in [0.25, 0.3) is 5.76 Å². The van der Waals surface area contributed by atoms with Crippen molar-refractivity contribution in [1.29, 1.82) is 0 Å². The van der Waals surface area contributed by atoms with Crippen LogP contribution >= 0.6 is 0 Å². The molecule has 1 N–H and O–H groups in total. The van der Waals surface area contributed by atoms with Crippen LogP contribution in [0.5, 0.6) is 0 Å². The number of carbonyl (C=O) groups is 2. The van der Waals surface area contributed by atoms with Gasteiger partial charge in [-0.2, -0.15) is 0 Å². The normalized spacial score (nSPS) is 17.9. The average Bonchev–Trinajstić information content (AvgIpc) is 3.03. The lowest BCUT2D eigenvalue weighted by Crippen LogP contribution is -2.29. The van der Waals surface area contributed by atoms with Crippen LogP contribution in [0, 0.1) is 24.4 Å². The second-order valence-corrected chi connectivity index (χ2v) is 7.01. The highest BCUT2D eigenvalue weighted by molar-refractivity contribution is 6.51. The van der Waals surface area contributed by atoms with Crippen LogP contribution in [-0.4, -0.2) is 21.8 Å². The van der Waals surface area contributed by atoms with Gasteiger partial charge in [0.05, 0.1) is 11.6 Å². The molecule has 1 aliphatic heterocycles. The molecular weight excluding hydrogens is 409 g/mol. The van der Waals surface area contributed by atoms with E-state index in [1.54, 1.807) is 0 Å². The van der Waals surface area contributed by atoms with Crippen molar-refractivity contribution in [2.75, 3.05) is 4.90 Å². The Kier molecular flexibility index (Phi) is 5.06. The van der Waals surface area contributed by atoms with Crippen LogP contribution in [0.15, 0.2) is 66.5 Å². The summed E-state index contributed by atoms with van der Waals surface area (Å²) in [7, 11) is 0. The van der Waals surface area contributed by atoms with Crippen molar-refractivity contribution in [2.45, 2.75) is 13.0 Å². The highest BCUT2D eigenvalue weighted by Gasteiger charge is 2.47. The molecule has 2 aromatic carbocycles. The Labute approximate surface area is 175 Å². The highest BCUT2D eigenvalue weighted by atomic mass is 19.2. The molecule has 0 saturated carbocycles. The summed E-state index contributed by atoms with van der Waals surface area (Å²) in [6.45, 7) is 1.49. The third kappa shape index (κ3) is 3.46. The van der Waals surface area contributed by atoms with E-state index in [2.05, 4.69) is 4.98 Å². The molecule has 4 rings (SSSR count). The molecule has 0 bridgehead atoms. The first kappa shape index (κ1) is 20.3. The van der Waals surface area contributed by atoms with Crippen molar-refractivity contribution >= 4 is 23.1 Å². The number of aromatic nitrogens is 1. The van der Waals surface area contributed by atoms with E-state index >= 15 is 0 Å². The molecule has 156 valence electrons. The van der Waals surface area contributed by atoms with Gasteiger partial charge in [-0.15, -0.1) is 0 Å². The topological polar surface area (TPSA) is 70.5 Å². The number of pyridine rings is 1. The quantitative estimate of drug-likeness (QED) is 0.384. The SMILES string of the molecule is Cc1cc(/C(O)=C2\C(=O)C(=O)N(c3ccc(F)c(F)c3)C2c2ccncc2)ccc1F. The molecule has 0 radical (unpaired) electrons. The number of benzene rings is 2. The van der Waals surface area contributed by atoms with Crippen LogP contribution in [0.1, 0.15) is 22.7 Å². The third-order valence-corrected chi connectivity index (χ3v) is 5.08. The van der Waals surface area contributed by atoms with Crippen LogP contribution in [0.3, 0.4) is 0 Å². The van der Waals surface area contributed by atoms with Gasteiger partial charge in [-0.1, -0.05) is 0 Å². The largest absolute Gasteiger partial charge is 0.507 e. The predicted molar refractivity (Wildman–Crippen MR) is 107 cm³/mol. The Morgan fingerprint density at radius 3 is 2.26 bits per heavy atom. The number of amides is 1. The number of hydrogen-bond acceptors (Lipinski definition) is 4. The van der Waals surface area contributed by atoms with E-state index in [4.69, 9.17) is 0 Å². The number of hydrogen-bond donors (Lipinski definition) is 1. The molecule has 1 amide bonds. The molecule has 1 atom stereocenters. The molecule has 1 aliphatic rings. The molecule has 31 heavy (non-hydrogen) atoms. The van der Waals surface area contributed by atoms with E-state index in [9.17, 15) is 27.9 Å². The van der Waals surface area contributed by atoms with E-state index in [1.165, 1.54) is 49.6 Å². The van der Waals surface area contributed by atoms with Gasteiger partial charge in [0.1, 0.15) is 11.6 Å². The zero-order valence-corrected chi connectivity index (χ0v) is 16.1. The number of carbonyl (C=O) groups excluding carboxylic acids is 2. The molecule has 5 nitrogen and oxygen atoms in total. The second-order valence-electron chi connectivity index (χ2n) is 7.01. The third-order valence-electron chi connectivity index (χ3n) is 5.08. The zero-order valence-electron chi connectivity index (χ0n) is 16.1. The lowest BCUT2D eigenvalue weighted by atomic mass is 9.95. The van der Waals surface area contributed by atoms with Gasteiger partial charge in [-0.05, 0) is 60.5 Å². The van der Waals surface area contributed by atoms with Crippen molar-refractivity contribution in [3.05, 3.63) is 101 Å². The Hall–Kier alpha value is -3.94. The molecule has 0 spiro atoms. The molecule has 1 fully saturated rings. The summed E-state index contributed by atoms with van der Waals surface area (Å²) < 4.78 is 41.0. The number of rotatable bonds is 3. The van der Waals surface area contributed by atoms with Crippen LogP contribution in [0.2, 0.25) is 0 Å². The first-order valence-corrected chi connectivity index (χ1v) is 9.22. The number of anilines is 1. The summed E-state index contributed by atoms with van der Waals surface area (Å²) in [5.41, 5.74) is 0.476. The van der Waals surface area contributed by atoms with E-state index in [0.29, 0.717) is 5.56 Å². The summed E-state index contributed by atoms with van der Waals surface area (Å²) in [6.07, 6.45) is 2.87. The number of halogens is 3. The number of Topliss-reactive ketones (excluding diaryl/α,β-unsaturated/α-hetero) is 1. The van der Waals surface area contributed by atoms with E-state index in [1.807, 2.05) is 0 Å². The second kappa shape index (κ2) is 7.71. The maximum absolute atomic E-state index is 13.9. The lowest BCUT2D eigenvalue weighted by molar-refractivity contribution is -0.132. The minimum absolute atomic E-state index is 0.0582. The monoisotopic (exact) mass is 424 g/mol. The van der Waals surface area contributed by atoms with Gasteiger partial charge in [0, 0.05) is 29.7 Å². The maximum atomic E-state index is 13.9. The molecule has 2 heterocycles. The number of aliphatic hydroxyl groups excluding tert-OH is 1. The van der Waals surface area contributed by atoms with Crippen molar-refractivity contribution in [2.24, 2.45) is 0 Å². The maximum Gasteiger partial charge on any atom is 0.300 e. The highest BCUT2D eigenvalue weighted by Crippen LogP contribution is 2.42. The van der Waals surface area contributed by atoms with Crippen molar-refractivity contribution in [3.8, 4) is 0 Å². The van der Waals surface area contributed by atoms with Gasteiger partial charge in [0.15, 0.2) is 11.6 Å².